The number of fused-ring (bicyclic) bond motifs is 1. The van der Waals surface area contributed by atoms with Crippen molar-refractivity contribution < 1.29 is 19.1 Å². The molecule has 2 aliphatic heterocycles. The summed E-state index contributed by atoms with van der Waals surface area (Å²) in [5, 5.41) is 3.73. The van der Waals surface area contributed by atoms with Crippen LogP contribution >= 0.6 is 0 Å². The van der Waals surface area contributed by atoms with Crippen molar-refractivity contribution in [3.63, 3.8) is 0 Å². The summed E-state index contributed by atoms with van der Waals surface area (Å²) >= 11 is 0. The largest absolute Gasteiger partial charge is 0.464 e. The highest BCUT2D eigenvalue weighted by molar-refractivity contribution is 6.43. The van der Waals surface area contributed by atoms with Crippen LogP contribution in [0, 0.1) is 5.92 Å². The summed E-state index contributed by atoms with van der Waals surface area (Å²) in [5.74, 6) is -2.19. The van der Waals surface area contributed by atoms with Crippen LogP contribution in [0.4, 0.5) is 0 Å². The van der Waals surface area contributed by atoms with Gasteiger partial charge in [-0.25, -0.2) is 4.79 Å². The second kappa shape index (κ2) is 4.75. The Labute approximate surface area is 104 Å². The maximum Gasteiger partial charge on any atom is 0.355 e. The first-order valence-corrected chi connectivity index (χ1v) is 5.88. The monoisotopic (exact) mass is 253 g/mol. The molecule has 1 fully saturated rings. The van der Waals surface area contributed by atoms with E-state index < -0.39 is 17.9 Å². The van der Waals surface area contributed by atoms with Crippen LogP contribution in [-0.4, -0.2) is 48.1 Å². The summed E-state index contributed by atoms with van der Waals surface area (Å²) in [6.07, 6.45) is 1.64. The molecule has 18 heavy (non-hydrogen) atoms. The highest BCUT2D eigenvalue weighted by Gasteiger charge is 2.54. The Bertz CT molecular complexity index is 432. The van der Waals surface area contributed by atoms with Gasteiger partial charge in [-0.1, -0.05) is 13.3 Å². The van der Waals surface area contributed by atoms with Crippen LogP contribution in [0.1, 0.15) is 19.8 Å². The summed E-state index contributed by atoms with van der Waals surface area (Å²) in [5.41, 5.74) is 2.53. The molecule has 1 saturated heterocycles. The van der Waals surface area contributed by atoms with Crippen molar-refractivity contribution in [1.82, 2.24) is 10.3 Å². The fourth-order valence-electron chi connectivity index (χ4n) is 2.16. The Morgan fingerprint density at radius 3 is 2.78 bits per heavy atom. The molecule has 0 aromatic rings. The first-order valence-electron chi connectivity index (χ1n) is 5.88. The Morgan fingerprint density at radius 2 is 2.17 bits per heavy atom. The molecule has 2 amide bonds. The van der Waals surface area contributed by atoms with E-state index in [1.165, 1.54) is 12.0 Å². The molecule has 0 saturated carbocycles. The predicted octanol–water partition coefficient (Wildman–Crippen LogP) is -0.728. The number of likely N-dealkylation sites (tertiary alicyclic amines) is 1. The third kappa shape index (κ3) is 1.75. The van der Waals surface area contributed by atoms with Crippen LogP contribution < -0.4 is 5.43 Å². The number of imide groups is 1. The van der Waals surface area contributed by atoms with E-state index in [4.69, 9.17) is 0 Å². The molecule has 0 radical (unpaired) electrons. The normalized spacial score (nSPS) is 25.9. The number of esters is 1. The second-order valence-corrected chi connectivity index (χ2v) is 4.25. The molecule has 2 atom stereocenters. The number of hydrazone groups is 1. The standard InChI is InChI=1S/C11H15N3O4/c1-3-4-5-14-9(15)6-7(10(14)16)12-13-8(6)11(17)18-2/h6-7,12H,3-5H2,1-2H3/t6-,7+/m0/s1. The van der Waals surface area contributed by atoms with E-state index in [0.29, 0.717) is 6.54 Å². The van der Waals surface area contributed by atoms with Gasteiger partial charge in [0, 0.05) is 6.54 Å². The third-order valence-corrected chi connectivity index (χ3v) is 3.15. The number of ether oxygens (including phenoxy) is 1. The minimum Gasteiger partial charge on any atom is -0.464 e. The van der Waals surface area contributed by atoms with Crippen molar-refractivity contribution in [3.8, 4) is 0 Å². The molecular formula is C11H15N3O4. The molecule has 1 N–H and O–H groups in total. The molecule has 0 aliphatic carbocycles. The highest BCUT2D eigenvalue weighted by atomic mass is 16.5. The topological polar surface area (TPSA) is 88.1 Å². The fraction of sp³-hybridized carbons (Fsp3) is 0.636. The van der Waals surface area contributed by atoms with E-state index in [0.717, 1.165) is 12.8 Å². The average Bonchev–Trinajstić information content (AvgIpc) is 2.90. The molecule has 98 valence electrons. The lowest BCUT2D eigenvalue weighted by molar-refractivity contribution is -0.140. The molecule has 0 bridgehead atoms. The molecule has 0 spiro atoms. The smallest absolute Gasteiger partial charge is 0.355 e. The van der Waals surface area contributed by atoms with Gasteiger partial charge in [0.1, 0.15) is 12.0 Å². The zero-order valence-corrected chi connectivity index (χ0v) is 10.3. The number of unbranched alkanes of at least 4 members (excludes halogenated alkanes) is 1. The fourth-order valence-corrected chi connectivity index (χ4v) is 2.16. The van der Waals surface area contributed by atoms with Crippen LogP contribution in [0.15, 0.2) is 5.10 Å². The summed E-state index contributed by atoms with van der Waals surface area (Å²) in [6, 6.07) is -0.747. The van der Waals surface area contributed by atoms with Gasteiger partial charge in [-0.3, -0.25) is 19.9 Å². The first kappa shape index (κ1) is 12.5. The van der Waals surface area contributed by atoms with Gasteiger partial charge in [0.25, 0.3) is 5.91 Å². The number of hydrogen-bond donors (Lipinski definition) is 1. The zero-order valence-electron chi connectivity index (χ0n) is 10.3. The van der Waals surface area contributed by atoms with Gasteiger partial charge in [-0.15, -0.1) is 0 Å². The SMILES string of the molecule is CCCCN1C(=O)[C@@H]2C(C(=O)OC)=NN[C@H]2C1=O. The number of carbonyl (C=O) groups excluding carboxylic acids is 3. The van der Waals surface area contributed by atoms with Crippen LogP contribution in [-0.2, 0) is 19.1 Å². The minimum absolute atomic E-state index is 0.0140. The number of nitrogens with zero attached hydrogens (tertiary/aromatic N) is 2. The summed E-state index contributed by atoms with van der Waals surface area (Å²) in [6.45, 7) is 2.36. The summed E-state index contributed by atoms with van der Waals surface area (Å²) in [7, 11) is 1.22. The van der Waals surface area contributed by atoms with Gasteiger partial charge >= 0.3 is 5.97 Å². The van der Waals surface area contributed by atoms with Crippen molar-refractivity contribution in [2.24, 2.45) is 11.0 Å². The van der Waals surface area contributed by atoms with Crippen molar-refractivity contribution in [2.45, 2.75) is 25.8 Å². The van der Waals surface area contributed by atoms with Crippen molar-refractivity contribution >= 4 is 23.5 Å². The van der Waals surface area contributed by atoms with E-state index in [1.807, 2.05) is 6.92 Å². The number of amides is 2. The van der Waals surface area contributed by atoms with E-state index in [-0.39, 0.29) is 17.5 Å². The summed E-state index contributed by atoms with van der Waals surface area (Å²) in [4.78, 5) is 36.7. The lowest BCUT2D eigenvalue weighted by Gasteiger charge is -2.14. The van der Waals surface area contributed by atoms with Crippen LogP contribution in [0.25, 0.3) is 0 Å². The second-order valence-electron chi connectivity index (χ2n) is 4.25. The lowest BCUT2D eigenvalue weighted by Crippen LogP contribution is -2.36. The third-order valence-electron chi connectivity index (χ3n) is 3.15. The molecule has 2 rings (SSSR count). The van der Waals surface area contributed by atoms with Crippen molar-refractivity contribution in [2.75, 3.05) is 13.7 Å². The number of hydrogen-bond acceptors (Lipinski definition) is 6. The number of methoxy groups -OCH3 is 1. The van der Waals surface area contributed by atoms with Crippen LogP contribution in [0.5, 0.6) is 0 Å². The van der Waals surface area contributed by atoms with Crippen LogP contribution in [0.2, 0.25) is 0 Å². The Kier molecular flexibility index (Phi) is 3.31. The van der Waals surface area contributed by atoms with E-state index in [9.17, 15) is 14.4 Å². The maximum atomic E-state index is 12.1. The van der Waals surface area contributed by atoms with Crippen molar-refractivity contribution in [3.05, 3.63) is 0 Å². The molecular weight excluding hydrogens is 238 g/mol. The molecule has 0 unspecified atom stereocenters. The predicted molar refractivity (Wildman–Crippen MR) is 61.5 cm³/mol. The molecule has 0 aromatic carbocycles. The maximum absolute atomic E-state index is 12.1. The quantitative estimate of drug-likeness (QED) is 0.527. The van der Waals surface area contributed by atoms with E-state index in [1.54, 1.807) is 0 Å². The Morgan fingerprint density at radius 1 is 1.44 bits per heavy atom. The average molecular weight is 253 g/mol. The molecule has 0 aromatic heterocycles. The van der Waals surface area contributed by atoms with Gasteiger partial charge in [0.2, 0.25) is 5.91 Å². The highest BCUT2D eigenvalue weighted by Crippen LogP contribution is 2.26. The minimum atomic E-state index is -0.832. The molecule has 7 heteroatoms. The molecule has 7 nitrogen and oxygen atoms in total. The van der Waals surface area contributed by atoms with Gasteiger partial charge in [-0.2, -0.15) is 5.10 Å². The van der Waals surface area contributed by atoms with Gasteiger partial charge in [-0.05, 0) is 6.42 Å². The molecule has 2 heterocycles. The van der Waals surface area contributed by atoms with Crippen LogP contribution in [0.3, 0.4) is 0 Å². The number of rotatable bonds is 4. The van der Waals surface area contributed by atoms with E-state index >= 15 is 0 Å². The first-order chi connectivity index (χ1) is 8.61. The van der Waals surface area contributed by atoms with Gasteiger partial charge < -0.3 is 4.74 Å². The number of nitrogens with one attached hydrogen (secondary N) is 1. The van der Waals surface area contributed by atoms with Crippen molar-refractivity contribution in [1.29, 1.82) is 0 Å². The number of carbonyl (C=O) groups is 3. The van der Waals surface area contributed by atoms with Gasteiger partial charge in [0.05, 0.1) is 7.11 Å². The van der Waals surface area contributed by atoms with Gasteiger partial charge in [0.15, 0.2) is 5.71 Å². The Balaban J connectivity index is 2.18. The zero-order chi connectivity index (χ0) is 13.3. The summed E-state index contributed by atoms with van der Waals surface area (Å²) < 4.78 is 4.55. The lowest BCUT2D eigenvalue weighted by atomic mass is 9.99. The van der Waals surface area contributed by atoms with E-state index in [2.05, 4.69) is 15.3 Å². The Hall–Kier alpha value is -1.92. The molecule has 2 aliphatic rings.